The van der Waals surface area contributed by atoms with Crippen LogP contribution in [0.5, 0.6) is 5.75 Å². The molecule has 2 aromatic carbocycles. The van der Waals surface area contributed by atoms with E-state index in [1.807, 2.05) is 24.3 Å². The van der Waals surface area contributed by atoms with Crippen molar-refractivity contribution in [3.05, 3.63) is 53.6 Å². The van der Waals surface area contributed by atoms with Crippen LogP contribution in [0.15, 0.2) is 47.4 Å². The molecule has 2 aliphatic rings. The summed E-state index contributed by atoms with van der Waals surface area (Å²) in [6.45, 7) is 1.14. The van der Waals surface area contributed by atoms with E-state index in [1.165, 1.54) is 16.4 Å². The van der Waals surface area contributed by atoms with Crippen molar-refractivity contribution < 1.29 is 31.1 Å². The number of sulfonamides is 1. The Bertz CT molecular complexity index is 1150. The highest BCUT2D eigenvalue weighted by molar-refractivity contribution is 7.89. The van der Waals surface area contributed by atoms with Crippen molar-refractivity contribution in [1.29, 1.82) is 0 Å². The van der Waals surface area contributed by atoms with E-state index in [9.17, 15) is 26.4 Å². The van der Waals surface area contributed by atoms with Crippen LogP contribution in [-0.4, -0.2) is 69.5 Å². The zero-order valence-electron chi connectivity index (χ0n) is 18.0. The second-order valence-corrected chi connectivity index (χ2v) is 9.91. The van der Waals surface area contributed by atoms with Gasteiger partial charge in [0.1, 0.15) is 5.75 Å². The summed E-state index contributed by atoms with van der Waals surface area (Å²) in [6.07, 6.45) is -4.71. The van der Waals surface area contributed by atoms with Gasteiger partial charge in [0.25, 0.3) is 0 Å². The van der Waals surface area contributed by atoms with Gasteiger partial charge in [-0.1, -0.05) is 18.2 Å². The molecule has 2 heterocycles. The number of piperazine rings is 1. The van der Waals surface area contributed by atoms with Crippen LogP contribution < -0.4 is 9.64 Å². The minimum atomic E-state index is -4.96. The molecule has 2 aliphatic heterocycles. The summed E-state index contributed by atoms with van der Waals surface area (Å²) in [4.78, 5) is 14.4. The number of ether oxygens (including phenoxy) is 1. The zero-order chi connectivity index (χ0) is 23.8. The van der Waals surface area contributed by atoms with E-state index in [4.69, 9.17) is 4.74 Å². The molecule has 0 bridgehead atoms. The normalized spacial score (nSPS) is 17.6. The Labute approximate surface area is 190 Å². The minimum absolute atomic E-state index is 0.0216. The first-order valence-corrected chi connectivity index (χ1v) is 11.9. The summed E-state index contributed by atoms with van der Waals surface area (Å²) < 4.78 is 71.7. The Morgan fingerprint density at radius 3 is 2.33 bits per heavy atom. The number of amides is 1. The maximum absolute atomic E-state index is 13.2. The Kier molecular flexibility index (Phi) is 6.28. The molecule has 0 spiro atoms. The molecule has 1 saturated heterocycles. The van der Waals surface area contributed by atoms with Crippen molar-refractivity contribution in [2.75, 3.05) is 44.7 Å². The summed E-state index contributed by atoms with van der Waals surface area (Å²) in [5, 5.41) is 0. The third kappa shape index (κ3) is 4.65. The van der Waals surface area contributed by atoms with Crippen LogP contribution in [0.2, 0.25) is 0 Å². The Morgan fingerprint density at radius 2 is 1.67 bits per heavy atom. The molecule has 4 rings (SSSR count). The molecule has 0 N–H and O–H groups in total. The van der Waals surface area contributed by atoms with Crippen molar-refractivity contribution in [3.63, 3.8) is 0 Å². The standard InChI is InChI=1S/C22H24F3N3O4S/c1-32-20-5-3-2-4-19(20)26-10-12-28(13-11-26)33(30,31)18-7-6-16-8-9-27(15-17(16)14-18)21(29)22(23,24)25/h2-7,14H,8-13,15H2,1H3. The molecule has 0 radical (unpaired) electrons. The fourth-order valence-corrected chi connectivity index (χ4v) is 5.73. The number of carbonyl (C=O) groups is 1. The van der Waals surface area contributed by atoms with Gasteiger partial charge in [0.15, 0.2) is 0 Å². The van der Waals surface area contributed by atoms with E-state index in [-0.39, 0.29) is 37.5 Å². The number of anilines is 1. The maximum atomic E-state index is 13.2. The molecule has 1 fully saturated rings. The van der Waals surface area contributed by atoms with Crippen molar-refractivity contribution in [1.82, 2.24) is 9.21 Å². The summed E-state index contributed by atoms with van der Waals surface area (Å²) in [5.74, 6) is -1.20. The van der Waals surface area contributed by atoms with Gasteiger partial charge >= 0.3 is 12.1 Å². The topological polar surface area (TPSA) is 70.2 Å². The van der Waals surface area contributed by atoms with Gasteiger partial charge in [-0.2, -0.15) is 17.5 Å². The third-order valence-electron chi connectivity index (χ3n) is 6.02. The largest absolute Gasteiger partial charge is 0.495 e. The molecule has 11 heteroatoms. The molecule has 1 amide bonds. The number of halogens is 3. The lowest BCUT2D eigenvalue weighted by Gasteiger charge is -2.36. The van der Waals surface area contributed by atoms with Crippen LogP contribution in [-0.2, 0) is 27.8 Å². The molecular formula is C22H24F3N3O4S. The van der Waals surface area contributed by atoms with Gasteiger partial charge in [-0.05, 0) is 41.8 Å². The number of benzene rings is 2. The maximum Gasteiger partial charge on any atom is 0.471 e. The number of rotatable bonds is 4. The van der Waals surface area contributed by atoms with Crippen LogP contribution in [0.3, 0.4) is 0 Å². The van der Waals surface area contributed by atoms with Gasteiger partial charge in [-0.25, -0.2) is 8.42 Å². The van der Waals surface area contributed by atoms with Gasteiger partial charge in [-0.3, -0.25) is 4.79 Å². The molecular weight excluding hydrogens is 459 g/mol. The number of fused-ring (bicyclic) bond motifs is 1. The number of hydrogen-bond donors (Lipinski definition) is 0. The van der Waals surface area contributed by atoms with Crippen LogP contribution in [0, 0.1) is 0 Å². The third-order valence-corrected chi connectivity index (χ3v) is 7.92. The van der Waals surface area contributed by atoms with Gasteiger partial charge in [0.2, 0.25) is 10.0 Å². The SMILES string of the molecule is COc1ccccc1N1CCN(S(=O)(=O)c2ccc3c(c2)CN(C(=O)C(F)(F)F)CC3)CC1. The predicted octanol–water partition coefficient (Wildman–Crippen LogP) is 2.65. The quantitative estimate of drug-likeness (QED) is 0.669. The number of methoxy groups -OCH3 is 1. The second-order valence-electron chi connectivity index (χ2n) is 7.97. The first-order valence-electron chi connectivity index (χ1n) is 10.5. The molecule has 0 unspecified atom stereocenters. The number of carbonyl (C=O) groups excluding carboxylic acids is 1. The van der Waals surface area contributed by atoms with Gasteiger partial charge < -0.3 is 14.5 Å². The van der Waals surface area contributed by atoms with Gasteiger partial charge in [0, 0.05) is 39.3 Å². The average molecular weight is 484 g/mol. The lowest BCUT2D eigenvalue weighted by atomic mass is 10.00. The number of nitrogens with zero attached hydrogens (tertiary/aromatic N) is 3. The summed E-state index contributed by atoms with van der Waals surface area (Å²) in [5.41, 5.74) is 2.06. The summed E-state index contributed by atoms with van der Waals surface area (Å²) in [7, 11) is -2.25. The Hall–Kier alpha value is -2.79. The van der Waals surface area contributed by atoms with Crippen LogP contribution in [0.1, 0.15) is 11.1 Å². The lowest BCUT2D eigenvalue weighted by Crippen LogP contribution is -2.48. The molecule has 0 aromatic heterocycles. The first-order chi connectivity index (χ1) is 15.6. The molecule has 0 aliphatic carbocycles. The van der Waals surface area contributed by atoms with E-state index < -0.39 is 22.1 Å². The monoisotopic (exact) mass is 483 g/mol. The predicted molar refractivity (Wildman–Crippen MR) is 116 cm³/mol. The highest BCUT2D eigenvalue weighted by Gasteiger charge is 2.43. The van der Waals surface area contributed by atoms with E-state index in [0.29, 0.717) is 29.3 Å². The molecule has 2 aromatic rings. The molecule has 0 saturated carbocycles. The zero-order valence-corrected chi connectivity index (χ0v) is 18.8. The second kappa shape index (κ2) is 8.86. The van der Waals surface area contributed by atoms with Crippen LogP contribution in [0.25, 0.3) is 0 Å². The highest BCUT2D eigenvalue weighted by Crippen LogP contribution is 2.31. The van der Waals surface area contributed by atoms with Crippen molar-refractivity contribution >= 4 is 21.6 Å². The lowest BCUT2D eigenvalue weighted by molar-refractivity contribution is -0.186. The van der Waals surface area contributed by atoms with Crippen LogP contribution >= 0.6 is 0 Å². The first kappa shape index (κ1) is 23.4. The molecule has 0 atom stereocenters. The highest BCUT2D eigenvalue weighted by atomic mass is 32.2. The number of alkyl halides is 3. The number of para-hydroxylation sites is 2. The fraction of sp³-hybridized carbons (Fsp3) is 0.409. The molecule has 7 nitrogen and oxygen atoms in total. The Morgan fingerprint density at radius 1 is 0.970 bits per heavy atom. The van der Waals surface area contributed by atoms with Gasteiger partial charge in [-0.15, -0.1) is 0 Å². The smallest absolute Gasteiger partial charge is 0.471 e. The summed E-state index contributed by atoms with van der Waals surface area (Å²) >= 11 is 0. The molecule has 33 heavy (non-hydrogen) atoms. The fourth-order valence-electron chi connectivity index (χ4n) is 4.26. The Balaban J connectivity index is 1.49. The summed E-state index contributed by atoms with van der Waals surface area (Å²) in [6, 6.07) is 12.0. The van der Waals surface area contributed by atoms with Crippen molar-refractivity contribution in [2.24, 2.45) is 0 Å². The van der Waals surface area contributed by atoms with E-state index in [1.54, 1.807) is 13.2 Å². The number of hydrogen-bond acceptors (Lipinski definition) is 5. The molecule has 178 valence electrons. The average Bonchev–Trinajstić information content (AvgIpc) is 2.82. The van der Waals surface area contributed by atoms with E-state index in [2.05, 4.69) is 4.90 Å². The van der Waals surface area contributed by atoms with Gasteiger partial charge in [0.05, 0.1) is 17.7 Å². The van der Waals surface area contributed by atoms with Crippen molar-refractivity contribution in [2.45, 2.75) is 24.0 Å². The van der Waals surface area contributed by atoms with E-state index in [0.717, 1.165) is 11.3 Å². The minimum Gasteiger partial charge on any atom is -0.495 e. The van der Waals surface area contributed by atoms with Crippen LogP contribution in [0.4, 0.5) is 18.9 Å². The van der Waals surface area contributed by atoms with E-state index >= 15 is 0 Å². The van der Waals surface area contributed by atoms with Crippen molar-refractivity contribution in [3.8, 4) is 5.75 Å².